The molecule has 7 heteroatoms. The number of carboxylic acids is 1. The first kappa shape index (κ1) is 12.6. The van der Waals surface area contributed by atoms with Crippen LogP contribution in [0.4, 0.5) is 14.6 Å². The van der Waals surface area contributed by atoms with E-state index in [1.807, 2.05) is 0 Å². The summed E-state index contributed by atoms with van der Waals surface area (Å²) in [6.07, 6.45) is 1.70. The van der Waals surface area contributed by atoms with Gasteiger partial charge < -0.3 is 10.4 Å². The zero-order valence-corrected chi connectivity index (χ0v) is 10.3. The average Bonchev–Trinajstić information content (AvgIpc) is 2.85. The highest BCUT2D eigenvalue weighted by Gasteiger charge is 2.28. The second kappa shape index (κ2) is 4.59. The minimum Gasteiger partial charge on any atom is -0.477 e. The second-order valence-corrected chi connectivity index (χ2v) is 4.55. The van der Waals surface area contributed by atoms with Crippen LogP contribution in [0, 0.1) is 11.6 Å². The summed E-state index contributed by atoms with van der Waals surface area (Å²) >= 11 is 0. The van der Waals surface area contributed by atoms with Crippen molar-refractivity contribution in [3.8, 4) is 0 Å². The Morgan fingerprint density at radius 2 is 2.25 bits per heavy atom. The van der Waals surface area contributed by atoms with Gasteiger partial charge >= 0.3 is 5.97 Å². The number of nitrogens with zero attached hydrogens (tertiary/aromatic N) is 2. The van der Waals surface area contributed by atoms with E-state index < -0.39 is 23.6 Å². The predicted octanol–water partition coefficient (Wildman–Crippen LogP) is 2.26. The van der Waals surface area contributed by atoms with Crippen LogP contribution in [0.1, 0.15) is 28.4 Å². The van der Waals surface area contributed by atoms with Crippen LogP contribution in [-0.2, 0) is 0 Å². The number of carbonyl (C=O) groups is 1. The Hall–Kier alpha value is -2.44. The molecule has 0 amide bonds. The monoisotopic (exact) mass is 279 g/mol. The van der Waals surface area contributed by atoms with Crippen LogP contribution in [-0.4, -0.2) is 27.4 Å². The summed E-state index contributed by atoms with van der Waals surface area (Å²) < 4.78 is 28.6. The summed E-state index contributed by atoms with van der Waals surface area (Å²) in [7, 11) is 0. The van der Waals surface area contributed by atoms with Gasteiger partial charge in [-0.2, -0.15) is 5.10 Å². The van der Waals surface area contributed by atoms with Crippen LogP contribution in [0.5, 0.6) is 0 Å². The van der Waals surface area contributed by atoms with Crippen LogP contribution in [0.15, 0.2) is 24.4 Å². The average molecular weight is 279 g/mol. The summed E-state index contributed by atoms with van der Waals surface area (Å²) in [4.78, 5) is 11.1. The molecule has 3 rings (SSSR count). The van der Waals surface area contributed by atoms with Crippen molar-refractivity contribution < 1.29 is 18.7 Å². The molecule has 0 spiro atoms. The van der Waals surface area contributed by atoms with Crippen molar-refractivity contribution >= 4 is 11.8 Å². The van der Waals surface area contributed by atoms with Gasteiger partial charge in [0.05, 0.1) is 12.2 Å². The highest BCUT2D eigenvalue weighted by atomic mass is 19.1. The van der Waals surface area contributed by atoms with E-state index in [1.165, 1.54) is 10.9 Å². The van der Waals surface area contributed by atoms with Gasteiger partial charge in [-0.15, -0.1) is 0 Å². The summed E-state index contributed by atoms with van der Waals surface area (Å²) in [6.45, 7) is 0.465. The molecule has 0 bridgehead atoms. The molecule has 0 saturated carbocycles. The third-order valence-electron chi connectivity index (χ3n) is 3.35. The fraction of sp³-hybridized carbons (Fsp3) is 0.231. The number of carboxylic acid groups (broad SMARTS) is 1. The van der Waals surface area contributed by atoms with Crippen molar-refractivity contribution in [2.45, 2.75) is 12.5 Å². The molecule has 20 heavy (non-hydrogen) atoms. The highest BCUT2D eigenvalue weighted by molar-refractivity contribution is 5.93. The summed E-state index contributed by atoms with van der Waals surface area (Å²) in [5.74, 6) is -1.86. The number of rotatable bonds is 2. The number of aromatic nitrogens is 2. The van der Waals surface area contributed by atoms with Gasteiger partial charge in [-0.3, -0.25) is 0 Å². The van der Waals surface area contributed by atoms with Crippen LogP contribution < -0.4 is 5.32 Å². The summed E-state index contributed by atoms with van der Waals surface area (Å²) in [5, 5.41) is 16.0. The molecule has 2 heterocycles. The molecule has 1 aromatic carbocycles. The number of benzene rings is 1. The van der Waals surface area contributed by atoms with Crippen LogP contribution >= 0.6 is 0 Å². The van der Waals surface area contributed by atoms with Crippen molar-refractivity contribution in [1.29, 1.82) is 0 Å². The Morgan fingerprint density at radius 1 is 1.45 bits per heavy atom. The van der Waals surface area contributed by atoms with E-state index >= 15 is 0 Å². The molecule has 1 aliphatic heterocycles. The lowest BCUT2D eigenvalue weighted by molar-refractivity contribution is 0.0697. The summed E-state index contributed by atoms with van der Waals surface area (Å²) in [6, 6.07) is 2.72. The van der Waals surface area contributed by atoms with Gasteiger partial charge in [-0.25, -0.2) is 18.3 Å². The molecular weight excluding hydrogens is 268 g/mol. The third-order valence-corrected chi connectivity index (χ3v) is 3.35. The van der Waals surface area contributed by atoms with Gasteiger partial charge in [0.15, 0.2) is 0 Å². The van der Waals surface area contributed by atoms with E-state index in [0.29, 0.717) is 18.8 Å². The predicted molar refractivity (Wildman–Crippen MR) is 66.8 cm³/mol. The normalized spacial score (nSPS) is 17.4. The number of nitrogens with one attached hydrogen (secondary N) is 1. The van der Waals surface area contributed by atoms with E-state index in [4.69, 9.17) is 5.11 Å². The number of anilines is 1. The number of halogens is 2. The van der Waals surface area contributed by atoms with Crippen LogP contribution in [0.25, 0.3) is 0 Å². The zero-order valence-electron chi connectivity index (χ0n) is 10.3. The smallest absolute Gasteiger partial charge is 0.341 e. The molecule has 0 saturated heterocycles. The zero-order chi connectivity index (χ0) is 14.3. The first-order valence-electron chi connectivity index (χ1n) is 6.07. The maximum atomic E-state index is 13.9. The number of aromatic carboxylic acids is 1. The van der Waals surface area contributed by atoms with Gasteiger partial charge in [0.1, 0.15) is 23.0 Å². The highest BCUT2D eigenvalue weighted by Crippen LogP contribution is 2.32. The van der Waals surface area contributed by atoms with Crippen molar-refractivity contribution in [3.05, 3.63) is 47.2 Å². The molecule has 0 aliphatic carbocycles. The lowest BCUT2D eigenvalue weighted by Gasteiger charge is -2.26. The molecule has 5 nitrogen and oxygen atoms in total. The molecule has 2 N–H and O–H groups in total. The van der Waals surface area contributed by atoms with Gasteiger partial charge in [-0.05, 0) is 24.6 Å². The fourth-order valence-electron chi connectivity index (χ4n) is 2.44. The Labute approximate surface area is 112 Å². The first-order chi connectivity index (χ1) is 9.58. The van der Waals surface area contributed by atoms with Crippen molar-refractivity contribution in [2.24, 2.45) is 0 Å². The minimum absolute atomic E-state index is 0.0199. The summed E-state index contributed by atoms with van der Waals surface area (Å²) in [5.41, 5.74) is 0.194. The lowest BCUT2D eigenvalue weighted by Crippen LogP contribution is -2.26. The number of fused-ring (bicyclic) bond motifs is 1. The molecule has 1 atom stereocenters. The fourth-order valence-corrected chi connectivity index (χ4v) is 2.44. The van der Waals surface area contributed by atoms with Crippen molar-refractivity contribution in [3.63, 3.8) is 0 Å². The van der Waals surface area contributed by atoms with Gasteiger partial charge in [0, 0.05) is 12.1 Å². The molecule has 1 aliphatic rings. The maximum absolute atomic E-state index is 13.9. The largest absolute Gasteiger partial charge is 0.477 e. The maximum Gasteiger partial charge on any atom is 0.341 e. The first-order valence-corrected chi connectivity index (χ1v) is 6.07. The molecule has 104 valence electrons. The van der Waals surface area contributed by atoms with Crippen LogP contribution in [0.3, 0.4) is 0 Å². The molecular formula is C13H11F2N3O2. The van der Waals surface area contributed by atoms with E-state index in [1.54, 1.807) is 0 Å². The minimum atomic E-state index is -1.11. The van der Waals surface area contributed by atoms with Crippen molar-refractivity contribution in [1.82, 2.24) is 9.78 Å². The van der Waals surface area contributed by atoms with E-state index in [-0.39, 0.29) is 11.1 Å². The third kappa shape index (κ3) is 1.91. The molecule has 1 unspecified atom stereocenters. The van der Waals surface area contributed by atoms with Gasteiger partial charge in [-0.1, -0.05) is 0 Å². The number of hydrogen-bond acceptors (Lipinski definition) is 3. The van der Waals surface area contributed by atoms with Crippen molar-refractivity contribution in [2.75, 3.05) is 11.9 Å². The number of hydrogen-bond donors (Lipinski definition) is 2. The van der Waals surface area contributed by atoms with Gasteiger partial charge in [0.25, 0.3) is 0 Å². The SMILES string of the molecule is O=C(O)c1cnn2c1NCCC2c1cc(F)ccc1F. The van der Waals surface area contributed by atoms with E-state index in [2.05, 4.69) is 10.4 Å². The lowest BCUT2D eigenvalue weighted by atomic mass is 10.0. The Kier molecular flexibility index (Phi) is 2.89. The molecule has 0 radical (unpaired) electrons. The Bertz CT molecular complexity index is 684. The van der Waals surface area contributed by atoms with E-state index in [9.17, 15) is 13.6 Å². The topological polar surface area (TPSA) is 67.1 Å². The Balaban J connectivity index is 2.10. The van der Waals surface area contributed by atoms with Crippen LogP contribution in [0.2, 0.25) is 0 Å². The van der Waals surface area contributed by atoms with Gasteiger partial charge in [0.2, 0.25) is 0 Å². The molecule has 0 fully saturated rings. The van der Waals surface area contributed by atoms with E-state index in [0.717, 1.165) is 18.2 Å². The Morgan fingerprint density at radius 3 is 3.00 bits per heavy atom. The molecule has 2 aromatic rings. The quantitative estimate of drug-likeness (QED) is 0.885. The standard InChI is InChI=1S/C13H11F2N3O2/c14-7-1-2-10(15)8(5-7)11-3-4-16-12-9(13(19)20)6-17-18(11)12/h1-2,5-6,11,16H,3-4H2,(H,19,20). The molecule has 1 aromatic heterocycles. The second-order valence-electron chi connectivity index (χ2n) is 4.55.